The van der Waals surface area contributed by atoms with Gasteiger partial charge < -0.3 is 10.6 Å². The van der Waals surface area contributed by atoms with Crippen LogP contribution in [0.2, 0.25) is 0 Å². The Bertz CT molecular complexity index is 930. The molecule has 4 nitrogen and oxygen atoms in total. The normalized spacial score (nSPS) is 10.7. The van der Waals surface area contributed by atoms with Gasteiger partial charge in [-0.1, -0.05) is 33.6 Å². The predicted octanol–water partition coefficient (Wildman–Crippen LogP) is 4.97. The number of fused-ring (bicyclic) bond motifs is 1. The molecule has 3 aromatic rings. The number of benzene rings is 2. The maximum absolute atomic E-state index is 12.4. The van der Waals surface area contributed by atoms with Crippen LogP contribution in [0.1, 0.15) is 16.7 Å². The Morgan fingerprint density at radius 2 is 1.80 bits per heavy atom. The van der Waals surface area contributed by atoms with E-state index in [1.165, 1.54) is 5.56 Å². The van der Waals surface area contributed by atoms with Crippen LogP contribution in [-0.4, -0.2) is 17.4 Å². The average molecular weight is 398 g/mol. The van der Waals surface area contributed by atoms with E-state index in [0.29, 0.717) is 0 Å². The molecule has 2 N–H and O–H groups in total. The fourth-order valence-electron chi connectivity index (χ4n) is 3.01. The van der Waals surface area contributed by atoms with E-state index in [0.717, 1.165) is 37.9 Å². The second-order valence-electron chi connectivity index (χ2n) is 6.20. The largest absolute Gasteiger partial charge is 0.376 e. The van der Waals surface area contributed by atoms with Gasteiger partial charge in [-0.25, -0.2) is 0 Å². The van der Waals surface area contributed by atoms with Gasteiger partial charge in [0, 0.05) is 27.4 Å². The molecule has 2 aromatic carbocycles. The molecule has 1 heterocycles. The van der Waals surface area contributed by atoms with Gasteiger partial charge in [0.1, 0.15) is 0 Å². The molecule has 0 aliphatic heterocycles. The van der Waals surface area contributed by atoms with Gasteiger partial charge in [-0.3, -0.25) is 9.78 Å². The minimum Gasteiger partial charge on any atom is -0.376 e. The van der Waals surface area contributed by atoms with Crippen LogP contribution in [0.3, 0.4) is 0 Å². The molecule has 25 heavy (non-hydrogen) atoms. The van der Waals surface area contributed by atoms with Crippen molar-refractivity contribution < 1.29 is 4.79 Å². The summed E-state index contributed by atoms with van der Waals surface area (Å²) in [6.45, 7) is 6.27. The van der Waals surface area contributed by atoms with E-state index in [9.17, 15) is 4.79 Å². The molecule has 1 amide bonds. The number of rotatable bonds is 4. The van der Waals surface area contributed by atoms with Gasteiger partial charge in [-0.05, 0) is 56.2 Å². The van der Waals surface area contributed by atoms with Crippen LogP contribution in [0.5, 0.6) is 0 Å². The van der Waals surface area contributed by atoms with Crippen molar-refractivity contribution in [2.45, 2.75) is 20.8 Å². The quantitative estimate of drug-likeness (QED) is 0.652. The number of carbonyl (C=O) groups excluding carboxylic acids is 1. The summed E-state index contributed by atoms with van der Waals surface area (Å²) >= 11 is 3.45. The second-order valence-corrected chi connectivity index (χ2v) is 7.11. The third kappa shape index (κ3) is 3.99. The highest BCUT2D eigenvalue weighted by atomic mass is 79.9. The molecule has 0 radical (unpaired) electrons. The number of hydrogen-bond donors (Lipinski definition) is 2. The van der Waals surface area contributed by atoms with Gasteiger partial charge in [-0.2, -0.15) is 0 Å². The predicted molar refractivity (Wildman–Crippen MR) is 107 cm³/mol. The molecular weight excluding hydrogens is 378 g/mol. The van der Waals surface area contributed by atoms with Crippen LogP contribution in [-0.2, 0) is 4.79 Å². The van der Waals surface area contributed by atoms with E-state index in [2.05, 4.69) is 50.6 Å². The molecule has 0 atom stereocenters. The highest BCUT2D eigenvalue weighted by Gasteiger charge is 2.09. The lowest BCUT2D eigenvalue weighted by Gasteiger charge is -2.14. The summed E-state index contributed by atoms with van der Waals surface area (Å²) in [6.07, 6.45) is 1.74. The van der Waals surface area contributed by atoms with E-state index in [-0.39, 0.29) is 12.5 Å². The lowest BCUT2D eigenvalue weighted by Crippen LogP contribution is -2.22. The Kier molecular flexibility index (Phi) is 5.04. The molecule has 0 saturated carbocycles. The smallest absolute Gasteiger partial charge is 0.243 e. The number of halogens is 1. The van der Waals surface area contributed by atoms with Crippen LogP contribution in [0.4, 0.5) is 11.4 Å². The zero-order valence-electron chi connectivity index (χ0n) is 14.5. The fraction of sp³-hybridized carbons (Fsp3) is 0.200. The van der Waals surface area contributed by atoms with Gasteiger partial charge in [0.25, 0.3) is 0 Å². The van der Waals surface area contributed by atoms with Crippen molar-refractivity contribution in [3.63, 3.8) is 0 Å². The summed E-state index contributed by atoms with van der Waals surface area (Å²) < 4.78 is 0.979. The first-order valence-corrected chi connectivity index (χ1v) is 8.89. The Morgan fingerprint density at radius 3 is 2.52 bits per heavy atom. The number of pyridine rings is 1. The highest BCUT2D eigenvalue weighted by Crippen LogP contribution is 2.25. The Labute approximate surface area is 155 Å². The van der Waals surface area contributed by atoms with Gasteiger partial charge in [0.05, 0.1) is 12.1 Å². The van der Waals surface area contributed by atoms with Crippen LogP contribution in [0.15, 0.2) is 47.1 Å². The first-order chi connectivity index (χ1) is 11.9. The Balaban J connectivity index is 1.73. The third-order valence-electron chi connectivity index (χ3n) is 4.09. The average Bonchev–Trinajstić information content (AvgIpc) is 2.55. The summed E-state index contributed by atoms with van der Waals surface area (Å²) in [6, 6.07) is 11.9. The minimum absolute atomic E-state index is 0.0721. The van der Waals surface area contributed by atoms with E-state index in [4.69, 9.17) is 0 Å². The van der Waals surface area contributed by atoms with Crippen LogP contribution >= 0.6 is 15.9 Å². The number of hydrogen-bond acceptors (Lipinski definition) is 3. The van der Waals surface area contributed by atoms with E-state index >= 15 is 0 Å². The summed E-state index contributed by atoms with van der Waals surface area (Å²) in [7, 11) is 0. The van der Waals surface area contributed by atoms with Crippen molar-refractivity contribution >= 4 is 44.1 Å². The Hall–Kier alpha value is -2.40. The van der Waals surface area contributed by atoms with Crippen LogP contribution in [0.25, 0.3) is 10.9 Å². The number of nitrogens with zero attached hydrogens (tertiary/aromatic N) is 1. The second kappa shape index (κ2) is 7.23. The first-order valence-electron chi connectivity index (χ1n) is 8.10. The molecule has 0 aliphatic carbocycles. The number of aromatic nitrogens is 1. The molecule has 0 spiro atoms. The molecule has 0 saturated heterocycles. The van der Waals surface area contributed by atoms with Gasteiger partial charge in [-0.15, -0.1) is 0 Å². The lowest BCUT2D eigenvalue weighted by atomic mass is 10.1. The number of aryl methyl sites for hydroxylation is 3. The number of anilines is 2. The van der Waals surface area contributed by atoms with Crippen LogP contribution < -0.4 is 10.6 Å². The molecule has 1 aromatic heterocycles. The topological polar surface area (TPSA) is 54.0 Å². The van der Waals surface area contributed by atoms with Gasteiger partial charge in [0.2, 0.25) is 5.91 Å². The van der Waals surface area contributed by atoms with Crippen molar-refractivity contribution in [2.24, 2.45) is 0 Å². The van der Waals surface area contributed by atoms with Crippen molar-refractivity contribution in [3.8, 4) is 0 Å². The molecular formula is C20H20BrN3O. The summed E-state index contributed by atoms with van der Waals surface area (Å²) in [4.78, 5) is 16.7. The summed E-state index contributed by atoms with van der Waals surface area (Å²) in [5.74, 6) is -0.0721. The molecule has 128 valence electrons. The van der Waals surface area contributed by atoms with Crippen LogP contribution in [0, 0.1) is 20.8 Å². The van der Waals surface area contributed by atoms with Crippen molar-refractivity contribution in [3.05, 3.63) is 63.8 Å². The molecule has 0 unspecified atom stereocenters. The van der Waals surface area contributed by atoms with Gasteiger partial charge in [0.15, 0.2) is 0 Å². The van der Waals surface area contributed by atoms with Crippen molar-refractivity contribution in [1.29, 1.82) is 0 Å². The number of nitrogens with one attached hydrogen (secondary N) is 2. The number of carbonyl (C=O) groups is 1. The first kappa shape index (κ1) is 17.4. The zero-order valence-corrected chi connectivity index (χ0v) is 16.1. The van der Waals surface area contributed by atoms with Crippen molar-refractivity contribution in [1.82, 2.24) is 4.98 Å². The molecule has 0 aliphatic rings. The summed E-state index contributed by atoms with van der Waals surface area (Å²) in [5, 5.41) is 7.21. The number of amides is 1. The zero-order chi connectivity index (χ0) is 18.0. The molecule has 0 bridgehead atoms. The molecule has 5 heteroatoms. The van der Waals surface area contributed by atoms with E-state index in [1.54, 1.807) is 6.20 Å². The maximum Gasteiger partial charge on any atom is 0.243 e. The molecule has 0 fully saturated rings. The van der Waals surface area contributed by atoms with Gasteiger partial charge >= 0.3 is 0 Å². The third-order valence-corrected chi connectivity index (χ3v) is 4.58. The highest BCUT2D eigenvalue weighted by molar-refractivity contribution is 9.10. The van der Waals surface area contributed by atoms with E-state index < -0.39 is 0 Å². The minimum atomic E-state index is -0.0721. The summed E-state index contributed by atoms with van der Waals surface area (Å²) in [5.41, 5.74) is 6.01. The monoisotopic (exact) mass is 397 g/mol. The fourth-order valence-corrected chi connectivity index (χ4v) is 3.36. The maximum atomic E-state index is 12.4. The Morgan fingerprint density at radius 1 is 1.08 bits per heavy atom. The SMILES string of the molecule is Cc1cc(C)c(NC(=O)CNc2ccnc3cc(Br)ccc23)c(C)c1. The standard InChI is InChI=1S/C20H20BrN3O/c1-12-8-13(2)20(14(3)9-12)24-19(25)11-23-17-6-7-22-18-10-15(21)4-5-16(17)18/h4-10H,11H2,1-3H3,(H,22,23)(H,24,25). The lowest BCUT2D eigenvalue weighted by molar-refractivity contribution is -0.114. The van der Waals surface area contributed by atoms with E-state index in [1.807, 2.05) is 38.1 Å². The van der Waals surface area contributed by atoms with Crippen molar-refractivity contribution in [2.75, 3.05) is 17.2 Å². The molecule has 3 rings (SSSR count).